The Labute approximate surface area is 123 Å². The van der Waals surface area contributed by atoms with Crippen molar-refractivity contribution in [3.8, 4) is 0 Å². The Kier molecular flexibility index (Phi) is 4.62. The smallest absolute Gasteiger partial charge is 0.229 e. The number of hydrogen-bond acceptors (Lipinski definition) is 1. The predicted octanol–water partition coefficient (Wildman–Crippen LogP) is 4.74. The van der Waals surface area contributed by atoms with E-state index in [4.69, 9.17) is 23.2 Å². The maximum atomic E-state index is 11.7. The van der Waals surface area contributed by atoms with Gasteiger partial charge in [-0.25, -0.2) is 0 Å². The van der Waals surface area contributed by atoms with Gasteiger partial charge in [0.1, 0.15) is 0 Å². The second-order valence-corrected chi connectivity index (χ2v) is 5.41. The number of halogens is 2. The van der Waals surface area contributed by atoms with Crippen LogP contribution in [-0.2, 0) is 11.2 Å². The summed E-state index contributed by atoms with van der Waals surface area (Å²) in [5, 5.41) is 0.258. The van der Waals surface area contributed by atoms with Gasteiger partial charge < -0.3 is 0 Å². The van der Waals surface area contributed by atoms with E-state index in [0.717, 1.165) is 11.1 Å². The van der Waals surface area contributed by atoms with Gasteiger partial charge in [-0.05, 0) is 48.2 Å². The van der Waals surface area contributed by atoms with Crippen molar-refractivity contribution >= 4 is 28.4 Å². The summed E-state index contributed by atoms with van der Waals surface area (Å²) in [6.45, 7) is 2.03. The summed E-state index contributed by atoms with van der Waals surface area (Å²) in [5.74, 6) is -0.359. The standard InChI is InChI=1S/C16H14Cl2O/c1-11-4-2-5-12(8-11)9-15(16(18)19)13-6-3-7-14(17)10-13/h2-8,10,15H,9H2,1H3. The highest BCUT2D eigenvalue weighted by Gasteiger charge is 2.19. The molecule has 0 aliphatic carbocycles. The molecule has 0 radical (unpaired) electrons. The van der Waals surface area contributed by atoms with Gasteiger partial charge in [0.15, 0.2) is 0 Å². The molecule has 1 nitrogen and oxygen atoms in total. The van der Waals surface area contributed by atoms with Crippen LogP contribution in [0.4, 0.5) is 0 Å². The first kappa shape index (κ1) is 14.1. The van der Waals surface area contributed by atoms with Crippen molar-refractivity contribution in [2.45, 2.75) is 19.3 Å². The van der Waals surface area contributed by atoms with Crippen LogP contribution in [0.2, 0.25) is 5.02 Å². The molecule has 2 aromatic carbocycles. The van der Waals surface area contributed by atoms with Crippen LogP contribution in [0, 0.1) is 6.92 Å². The molecule has 3 heteroatoms. The Hall–Kier alpha value is -1.31. The van der Waals surface area contributed by atoms with Crippen molar-refractivity contribution in [3.63, 3.8) is 0 Å². The molecule has 0 saturated carbocycles. The van der Waals surface area contributed by atoms with Crippen LogP contribution in [0.3, 0.4) is 0 Å². The summed E-state index contributed by atoms with van der Waals surface area (Å²) in [4.78, 5) is 11.7. The first-order valence-electron chi connectivity index (χ1n) is 6.06. The molecule has 1 atom stereocenters. The summed E-state index contributed by atoms with van der Waals surface area (Å²) in [7, 11) is 0. The van der Waals surface area contributed by atoms with Crippen LogP contribution in [0.15, 0.2) is 48.5 Å². The fraction of sp³-hybridized carbons (Fsp3) is 0.188. The molecule has 0 saturated heterocycles. The zero-order valence-electron chi connectivity index (χ0n) is 10.6. The monoisotopic (exact) mass is 292 g/mol. The van der Waals surface area contributed by atoms with E-state index in [2.05, 4.69) is 6.07 Å². The highest BCUT2D eigenvalue weighted by molar-refractivity contribution is 6.64. The molecule has 0 N–H and O–H groups in total. The Morgan fingerprint density at radius 3 is 2.53 bits per heavy atom. The Balaban J connectivity index is 2.29. The van der Waals surface area contributed by atoms with E-state index in [1.165, 1.54) is 5.56 Å². The Morgan fingerprint density at radius 2 is 1.89 bits per heavy atom. The molecule has 98 valence electrons. The van der Waals surface area contributed by atoms with Gasteiger partial charge in [0, 0.05) is 5.02 Å². The maximum Gasteiger partial charge on any atom is 0.229 e. The van der Waals surface area contributed by atoms with E-state index in [1.807, 2.05) is 37.3 Å². The van der Waals surface area contributed by atoms with Crippen molar-refractivity contribution in [2.24, 2.45) is 0 Å². The molecule has 1 unspecified atom stereocenters. The van der Waals surface area contributed by atoms with Crippen molar-refractivity contribution in [1.82, 2.24) is 0 Å². The number of benzene rings is 2. The normalized spacial score (nSPS) is 12.2. The molecule has 0 spiro atoms. The van der Waals surface area contributed by atoms with Crippen LogP contribution in [0.1, 0.15) is 22.6 Å². The van der Waals surface area contributed by atoms with E-state index in [0.29, 0.717) is 11.4 Å². The third-order valence-electron chi connectivity index (χ3n) is 3.05. The topological polar surface area (TPSA) is 17.1 Å². The van der Waals surface area contributed by atoms with Crippen LogP contribution in [0.5, 0.6) is 0 Å². The van der Waals surface area contributed by atoms with Gasteiger partial charge in [0.25, 0.3) is 0 Å². The van der Waals surface area contributed by atoms with Crippen LogP contribution in [0.25, 0.3) is 0 Å². The lowest BCUT2D eigenvalue weighted by molar-refractivity contribution is -0.113. The van der Waals surface area contributed by atoms with E-state index in [9.17, 15) is 4.79 Å². The molecule has 19 heavy (non-hydrogen) atoms. The average molecular weight is 293 g/mol. The lowest BCUT2D eigenvalue weighted by Crippen LogP contribution is -2.10. The SMILES string of the molecule is Cc1cccc(CC(C(=O)Cl)c2cccc(Cl)c2)c1. The van der Waals surface area contributed by atoms with Gasteiger partial charge in [0.05, 0.1) is 5.92 Å². The molecule has 0 amide bonds. The van der Waals surface area contributed by atoms with Crippen molar-refractivity contribution in [1.29, 1.82) is 0 Å². The first-order chi connectivity index (χ1) is 9.06. The summed E-state index contributed by atoms with van der Waals surface area (Å²) in [6, 6.07) is 15.4. The van der Waals surface area contributed by atoms with Crippen molar-refractivity contribution < 1.29 is 4.79 Å². The largest absolute Gasteiger partial charge is 0.281 e. The van der Waals surface area contributed by atoms with E-state index < -0.39 is 0 Å². The van der Waals surface area contributed by atoms with E-state index >= 15 is 0 Å². The van der Waals surface area contributed by atoms with Gasteiger partial charge in [-0.3, -0.25) is 4.79 Å². The average Bonchev–Trinajstić information content (AvgIpc) is 2.35. The number of carbonyl (C=O) groups excluding carboxylic acids is 1. The quantitative estimate of drug-likeness (QED) is 0.744. The van der Waals surface area contributed by atoms with Gasteiger partial charge in [-0.2, -0.15) is 0 Å². The number of carbonyl (C=O) groups is 1. The van der Waals surface area contributed by atoms with E-state index in [1.54, 1.807) is 12.1 Å². The lowest BCUT2D eigenvalue weighted by atomic mass is 9.92. The Morgan fingerprint density at radius 1 is 1.16 bits per heavy atom. The molecule has 0 fully saturated rings. The van der Waals surface area contributed by atoms with Gasteiger partial charge in [-0.1, -0.05) is 53.6 Å². The molecule has 0 aromatic heterocycles. The number of rotatable bonds is 4. The first-order valence-corrected chi connectivity index (χ1v) is 6.82. The zero-order valence-corrected chi connectivity index (χ0v) is 12.1. The molecule has 0 bridgehead atoms. The highest BCUT2D eigenvalue weighted by Crippen LogP contribution is 2.26. The minimum absolute atomic E-state index is 0.358. The van der Waals surface area contributed by atoms with E-state index in [-0.39, 0.29) is 11.2 Å². The molecule has 2 aromatic rings. The molecule has 0 aliphatic heterocycles. The van der Waals surface area contributed by atoms with Crippen LogP contribution in [-0.4, -0.2) is 5.24 Å². The maximum absolute atomic E-state index is 11.7. The molecule has 0 heterocycles. The van der Waals surface area contributed by atoms with Gasteiger partial charge in [-0.15, -0.1) is 0 Å². The number of hydrogen-bond donors (Lipinski definition) is 0. The second-order valence-electron chi connectivity index (χ2n) is 4.60. The minimum atomic E-state index is -0.359. The minimum Gasteiger partial charge on any atom is -0.281 e. The summed E-state index contributed by atoms with van der Waals surface area (Å²) in [6.07, 6.45) is 0.588. The zero-order chi connectivity index (χ0) is 13.8. The van der Waals surface area contributed by atoms with Crippen molar-refractivity contribution in [2.75, 3.05) is 0 Å². The summed E-state index contributed by atoms with van der Waals surface area (Å²) < 4.78 is 0. The third kappa shape index (κ3) is 3.82. The number of aryl methyl sites for hydroxylation is 1. The summed E-state index contributed by atoms with van der Waals surface area (Å²) >= 11 is 11.7. The Bertz CT molecular complexity index is 593. The summed E-state index contributed by atoms with van der Waals surface area (Å²) in [5.41, 5.74) is 3.12. The molecular formula is C16H14Cl2O. The molecule has 2 rings (SSSR count). The fourth-order valence-electron chi connectivity index (χ4n) is 2.13. The fourth-order valence-corrected chi connectivity index (χ4v) is 2.53. The van der Waals surface area contributed by atoms with Gasteiger partial charge >= 0.3 is 0 Å². The highest BCUT2D eigenvalue weighted by atomic mass is 35.5. The molecular weight excluding hydrogens is 279 g/mol. The van der Waals surface area contributed by atoms with Gasteiger partial charge in [0.2, 0.25) is 5.24 Å². The predicted molar refractivity (Wildman–Crippen MR) is 79.9 cm³/mol. The lowest BCUT2D eigenvalue weighted by Gasteiger charge is -2.14. The van der Waals surface area contributed by atoms with Crippen LogP contribution < -0.4 is 0 Å². The van der Waals surface area contributed by atoms with Crippen molar-refractivity contribution in [3.05, 3.63) is 70.2 Å². The second kappa shape index (κ2) is 6.23. The molecule has 0 aliphatic rings. The van der Waals surface area contributed by atoms with Crippen LogP contribution >= 0.6 is 23.2 Å². The third-order valence-corrected chi connectivity index (χ3v) is 3.55.